The molecule has 1 aliphatic carbocycles. The van der Waals surface area contributed by atoms with Crippen molar-refractivity contribution in [3.05, 3.63) is 11.6 Å². The zero-order valence-electron chi connectivity index (χ0n) is 10.5. The van der Waals surface area contributed by atoms with Crippen molar-refractivity contribution in [3.8, 4) is 0 Å². The third-order valence-electron chi connectivity index (χ3n) is 3.52. The molecule has 0 saturated heterocycles. The number of hydrogen-bond acceptors (Lipinski definition) is 5. The topological polar surface area (TPSA) is 75.9 Å². The number of nitrogens with zero attached hydrogens (tertiary/aromatic N) is 4. The Morgan fingerprint density at radius 2 is 2.16 bits per heavy atom. The summed E-state index contributed by atoms with van der Waals surface area (Å²) in [4.78, 5) is 12.7. The Bertz CT molecular complexity index is 579. The second-order valence-corrected chi connectivity index (χ2v) is 5.09. The smallest absolute Gasteiger partial charge is 0.226 e. The number of fused-ring (bicyclic) bond motifs is 1. The highest BCUT2D eigenvalue weighted by molar-refractivity contribution is 6.28. The lowest BCUT2D eigenvalue weighted by Crippen LogP contribution is -2.11. The summed E-state index contributed by atoms with van der Waals surface area (Å²) >= 11 is 5.90. The average molecular weight is 282 g/mol. The summed E-state index contributed by atoms with van der Waals surface area (Å²) in [5.74, 6) is 0.647. The molecule has 0 amide bonds. The first-order valence-electron chi connectivity index (χ1n) is 6.54. The summed E-state index contributed by atoms with van der Waals surface area (Å²) < 4.78 is 2.14. The standard InChI is InChI=1S/C12H16ClN5O/c13-12-16-10(14-5-6-19)9-11(17-12)15-7-18(9)8-3-1-2-4-8/h7-8,19H,1-6H2,(H,14,16,17). The van der Waals surface area contributed by atoms with E-state index in [1.807, 2.05) is 6.33 Å². The number of halogens is 1. The average Bonchev–Trinajstić information content (AvgIpc) is 3.03. The Kier molecular flexibility index (Phi) is 3.52. The van der Waals surface area contributed by atoms with Crippen LogP contribution in [0.3, 0.4) is 0 Å². The fourth-order valence-electron chi connectivity index (χ4n) is 2.68. The third kappa shape index (κ3) is 2.37. The summed E-state index contributed by atoms with van der Waals surface area (Å²) in [5.41, 5.74) is 1.48. The van der Waals surface area contributed by atoms with Gasteiger partial charge in [0.05, 0.1) is 12.9 Å². The van der Waals surface area contributed by atoms with Crippen LogP contribution in [-0.2, 0) is 0 Å². The summed E-state index contributed by atoms with van der Waals surface area (Å²) in [5, 5.41) is 12.2. The maximum Gasteiger partial charge on any atom is 0.226 e. The molecule has 3 rings (SSSR count). The molecular formula is C12H16ClN5O. The van der Waals surface area contributed by atoms with Gasteiger partial charge in [-0.1, -0.05) is 12.8 Å². The molecule has 0 radical (unpaired) electrons. The molecule has 102 valence electrons. The van der Waals surface area contributed by atoms with E-state index in [1.165, 1.54) is 12.8 Å². The molecule has 1 fully saturated rings. The second-order valence-electron chi connectivity index (χ2n) is 4.75. The minimum atomic E-state index is 0.0423. The zero-order chi connectivity index (χ0) is 13.2. The Labute approximate surface area is 115 Å². The van der Waals surface area contributed by atoms with Crippen LogP contribution < -0.4 is 5.32 Å². The Morgan fingerprint density at radius 1 is 1.37 bits per heavy atom. The third-order valence-corrected chi connectivity index (χ3v) is 3.69. The summed E-state index contributed by atoms with van der Waals surface area (Å²) in [6.07, 6.45) is 6.63. The van der Waals surface area contributed by atoms with E-state index in [1.54, 1.807) is 0 Å². The Balaban J connectivity index is 2.07. The fourth-order valence-corrected chi connectivity index (χ4v) is 2.84. The van der Waals surface area contributed by atoms with Gasteiger partial charge in [-0.25, -0.2) is 4.98 Å². The lowest BCUT2D eigenvalue weighted by Gasteiger charge is -2.14. The second kappa shape index (κ2) is 5.30. The SMILES string of the molecule is OCCNc1nc(Cl)nc2ncn(C3CCCC3)c12. The highest BCUT2D eigenvalue weighted by atomic mass is 35.5. The van der Waals surface area contributed by atoms with Crippen molar-refractivity contribution >= 4 is 28.6 Å². The number of imidazole rings is 1. The molecule has 0 bridgehead atoms. The number of rotatable bonds is 4. The highest BCUT2D eigenvalue weighted by Crippen LogP contribution is 2.33. The molecule has 19 heavy (non-hydrogen) atoms. The maximum atomic E-state index is 8.94. The van der Waals surface area contributed by atoms with E-state index in [4.69, 9.17) is 16.7 Å². The Hall–Kier alpha value is -1.40. The van der Waals surface area contributed by atoms with E-state index >= 15 is 0 Å². The first kappa shape index (κ1) is 12.6. The highest BCUT2D eigenvalue weighted by Gasteiger charge is 2.21. The predicted molar refractivity (Wildman–Crippen MR) is 73.4 cm³/mol. The van der Waals surface area contributed by atoms with Crippen LogP contribution in [-0.4, -0.2) is 37.8 Å². The van der Waals surface area contributed by atoms with Crippen LogP contribution in [0.1, 0.15) is 31.7 Å². The van der Waals surface area contributed by atoms with Crippen LogP contribution in [0.25, 0.3) is 11.2 Å². The van der Waals surface area contributed by atoms with Gasteiger partial charge in [0.2, 0.25) is 5.28 Å². The van der Waals surface area contributed by atoms with Crippen molar-refractivity contribution in [1.82, 2.24) is 19.5 Å². The van der Waals surface area contributed by atoms with Gasteiger partial charge in [-0.05, 0) is 24.4 Å². The van der Waals surface area contributed by atoms with Crippen molar-refractivity contribution < 1.29 is 5.11 Å². The number of hydrogen-bond donors (Lipinski definition) is 2. The molecule has 2 aromatic heterocycles. The van der Waals surface area contributed by atoms with E-state index in [-0.39, 0.29) is 11.9 Å². The largest absolute Gasteiger partial charge is 0.395 e. The minimum Gasteiger partial charge on any atom is -0.395 e. The van der Waals surface area contributed by atoms with Crippen LogP contribution in [0.4, 0.5) is 5.82 Å². The molecule has 1 saturated carbocycles. The normalized spacial score (nSPS) is 16.3. The van der Waals surface area contributed by atoms with Gasteiger partial charge in [0.25, 0.3) is 0 Å². The summed E-state index contributed by atoms with van der Waals surface area (Å²) in [7, 11) is 0. The Morgan fingerprint density at radius 3 is 2.89 bits per heavy atom. The van der Waals surface area contributed by atoms with E-state index < -0.39 is 0 Å². The first-order chi connectivity index (χ1) is 9.29. The van der Waals surface area contributed by atoms with E-state index in [0.29, 0.717) is 24.1 Å². The van der Waals surface area contributed by atoms with Crippen LogP contribution in [0.5, 0.6) is 0 Å². The number of aliphatic hydroxyl groups is 1. The number of nitrogens with one attached hydrogen (secondary N) is 1. The van der Waals surface area contributed by atoms with Crippen LogP contribution in [0.2, 0.25) is 5.28 Å². The lowest BCUT2D eigenvalue weighted by atomic mass is 10.2. The summed E-state index contributed by atoms with van der Waals surface area (Å²) in [6, 6.07) is 0.462. The van der Waals surface area contributed by atoms with Gasteiger partial charge in [0, 0.05) is 12.6 Å². The van der Waals surface area contributed by atoms with Crippen molar-refractivity contribution in [2.45, 2.75) is 31.7 Å². The molecule has 2 aromatic rings. The summed E-state index contributed by atoms with van der Waals surface area (Å²) in [6.45, 7) is 0.471. The van der Waals surface area contributed by atoms with Crippen molar-refractivity contribution in [2.24, 2.45) is 0 Å². The molecule has 0 unspecified atom stereocenters. The van der Waals surface area contributed by atoms with Gasteiger partial charge < -0.3 is 15.0 Å². The number of anilines is 1. The number of aliphatic hydroxyl groups excluding tert-OH is 1. The van der Waals surface area contributed by atoms with Crippen LogP contribution in [0, 0.1) is 0 Å². The van der Waals surface area contributed by atoms with Gasteiger partial charge in [-0.3, -0.25) is 0 Å². The van der Waals surface area contributed by atoms with Crippen LogP contribution >= 0.6 is 11.6 Å². The molecule has 1 aliphatic rings. The molecule has 0 aliphatic heterocycles. The molecule has 0 atom stereocenters. The molecular weight excluding hydrogens is 266 g/mol. The zero-order valence-corrected chi connectivity index (χ0v) is 11.3. The molecule has 2 heterocycles. The van der Waals surface area contributed by atoms with E-state index in [9.17, 15) is 0 Å². The van der Waals surface area contributed by atoms with Crippen molar-refractivity contribution in [2.75, 3.05) is 18.5 Å². The van der Waals surface area contributed by atoms with Crippen molar-refractivity contribution in [3.63, 3.8) is 0 Å². The minimum absolute atomic E-state index is 0.0423. The maximum absolute atomic E-state index is 8.94. The number of aromatic nitrogens is 4. The first-order valence-corrected chi connectivity index (χ1v) is 6.92. The monoisotopic (exact) mass is 281 g/mol. The van der Waals surface area contributed by atoms with Crippen LogP contribution in [0.15, 0.2) is 6.33 Å². The quantitative estimate of drug-likeness (QED) is 0.839. The molecule has 2 N–H and O–H groups in total. The lowest BCUT2D eigenvalue weighted by molar-refractivity contribution is 0.311. The molecule has 7 heteroatoms. The van der Waals surface area contributed by atoms with E-state index in [0.717, 1.165) is 18.4 Å². The van der Waals surface area contributed by atoms with E-state index in [2.05, 4.69) is 24.8 Å². The molecule has 0 spiro atoms. The fraction of sp³-hybridized carbons (Fsp3) is 0.583. The van der Waals surface area contributed by atoms with Crippen molar-refractivity contribution in [1.29, 1.82) is 0 Å². The van der Waals surface area contributed by atoms with Gasteiger partial charge in [-0.2, -0.15) is 9.97 Å². The molecule has 0 aromatic carbocycles. The van der Waals surface area contributed by atoms with Gasteiger partial charge in [-0.15, -0.1) is 0 Å². The van der Waals surface area contributed by atoms with Gasteiger partial charge in [0.15, 0.2) is 11.5 Å². The van der Waals surface area contributed by atoms with Gasteiger partial charge in [0.1, 0.15) is 5.52 Å². The van der Waals surface area contributed by atoms with Gasteiger partial charge >= 0.3 is 0 Å². The molecule has 6 nitrogen and oxygen atoms in total. The predicted octanol–water partition coefficient (Wildman–Crippen LogP) is 2.00.